The average molecular weight is 385 g/mol. The number of aliphatic carboxylic acids is 1. The molecule has 1 aromatic carbocycles. The van der Waals surface area contributed by atoms with E-state index in [0.717, 1.165) is 5.56 Å². The highest BCUT2D eigenvalue weighted by Crippen LogP contribution is 2.36. The largest absolute Gasteiger partial charge is 0.480 e. The smallest absolute Gasteiger partial charge is 0.322 e. The van der Waals surface area contributed by atoms with Crippen molar-refractivity contribution in [1.82, 2.24) is 14.1 Å². The van der Waals surface area contributed by atoms with Gasteiger partial charge in [-0.2, -0.15) is 9.40 Å². The Morgan fingerprint density at radius 2 is 1.96 bits per heavy atom. The number of rotatable bonds is 6. The Kier molecular flexibility index (Phi) is 4.80. The molecule has 0 saturated carbocycles. The fraction of sp³-hybridized carbons (Fsp3) is 0.375. The number of hydrogen-bond donors (Lipinski definition) is 1. The molecule has 26 heavy (non-hydrogen) atoms. The highest BCUT2D eigenvalue weighted by Gasteiger charge is 2.53. The third kappa shape index (κ3) is 3.61. The zero-order valence-corrected chi connectivity index (χ0v) is 14.4. The quantitative estimate of drug-likeness (QED) is 0.816. The number of halogens is 2. The summed E-state index contributed by atoms with van der Waals surface area (Å²) in [6.45, 7) is -0.941. The molecule has 0 radical (unpaired) electrons. The molecule has 0 unspecified atom stereocenters. The van der Waals surface area contributed by atoms with Crippen molar-refractivity contribution in [3.05, 3.63) is 48.2 Å². The molecule has 0 bridgehead atoms. The molecule has 1 atom stereocenters. The Morgan fingerprint density at radius 3 is 2.62 bits per heavy atom. The van der Waals surface area contributed by atoms with Crippen LogP contribution in [0.5, 0.6) is 0 Å². The minimum absolute atomic E-state index is 0.216. The van der Waals surface area contributed by atoms with Crippen LogP contribution in [0.2, 0.25) is 0 Å². The number of aryl methyl sites for hydroxylation is 2. The summed E-state index contributed by atoms with van der Waals surface area (Å²) in [7, 11) is -4.42. The van der Waals surface area contributed by atoms with Crippen LogP contribution in [-0.2, 0) is 27.8 Å². The third-order valence-corrected chi connectivity index (χ3v) is 6.09. The predicted octanol–water partition coefficient (Wildman–Crippen LogP) is 1.61. The molecule has 7 nitrogen and oxygen atoms in total. The first kappa shape index (κ1) is 18.5. The minimum atomic E-state index is -4.42. The summed E-state index contributed by atoms with van der Waals surface area (Å²) in [5, 5.41) is 12.8. The van der Waals surface area contributed by atoms with E-state index in [1.165, 1.54) is 16.9 Å². The molecule has 0 amide bonds. The zero-order valence-electron chi connectivity index (χ0n) is 13.6. The maximum absolute atomic E-state index is 13.7. The number of carboxylic acids is 1. The molecule has 1 aliphatic rings. The average Bonchev–Trinajstić information content (AvgIpc) is 3.18. The van der Waals surface area contributed by atoms with E-state index in [-0.39, 0.29) is 11.6 Å². The Bertz CT molecular complexity index is 899. The minimum Gasteiger partial charge on any atom is -0.480 e. The molecule has 0 spiro atoms. The second-order valence-corrected chi connectivity index (χ2v) is 7.93. The lowest BCUT2D eigenvalue weighted by atomic mass is 10.1. The fourth-order valence-corrected chi connectivity index (χ4v) is 4.69. The number of hydrogen-bond acceptors (Lipinski definition) is 4. The summed E-state index contributed by atoms with van der Waals surface area (Å²) in [6.07, 6.45) is 0.700. The molecule has 1 aromatic heterocycles. The van der Waals surface area contributed by atoms with Crippen LogP contribution in [0, 0.1) is 0 Å². The summed E-state index contributed by atoms with van der Waals surface area (Å²) in [5.74, 6) is -4.98. The zero-order chi connectivity index (χ0) is 18.9. The topological polar surface area (TPSA) is 92.5 Å². The van der Waals surface area contributed by atoms with Gasteiger partial charge < -0.3 is 5.11 Å². The van der Waals surface area contributed by atoms with E-state index in [1.54, 1.807) is 0 Å². The van der Waals surface area contributed by atoms with Gasteiger partial charge in [-0.05, 0) is 18.1 Å². The second kappa shape index (κ2) is 6.76. The number of nitrogens with zero attached hydrogens (tertiary/aromatic N) is 3. The first-order valence-corrected chi connectivity index (χ1v) is 9.33. The molecule has 2 heterocycles. The van der Waals surface area contributed by atoms with Crippen molar-refractivity contribution in [3.8, 4) is 0 Å². The first-order valence-electron chi connectivity index (χ1n) is 7.89. The van der Waals surface area contributed by atoms with Crippen molar-refractivity contribution in [1.29, 1.82) is 0 Å². The van der Waals surface area contributed by atoms with Gasteiger partial charge in [-0.1, -0.05) is 30.3 Å². The molecule has 1 saturated heterocycles. The van der Waals surface area contributed by atoms with Gasteiger partial charge in [0.1, 0.15) is 6.04 Å². The van der Waals surface area contributed by atoms with Crippen LogP contribution in [0.15, 0.2) is 47.6 Å². The molecule has 1 fully saturated rings. The highest BCUT2D eigenvalue weighted by molar-refractivity contribution is 7.89. The molecule has 10 heteroatoms. The van der Waals surface area contributed by atoms with E-state index >= 15 is 0 Å². The van der Waals surface area contributed by atoms with Crippen LogP contribution in [-0.4, -0.2) is 52.1 Å². The summed E-state index contributed by atoms with van der Waals surface area (Å²) in [6, 6.07) is 8.69. The fourth-order valence-electron chi connectivity index (χ4n) is 2.96. The van der Waals surface area contributed by atoms with Crippen molar-refractivity contribution in [2.45, 2.75) is 36.4 Å². The lowest BCUT2D eigenvalue weighted by molar-refractivity contribution is -0.141. The van der Waals surface area contributed by atoms with Crippen molar-refractivity contribution in [2.24, 2.45) is 0 Å². The molecule has 140 valence electrons. The van der Waals surface area contributed by atoms with Gasteiger partial charge in [0.2, 0.25) is 0 Å². The van der Waals surface area contributed by atoms with E-state index in [0.29, 0.717) is 10.7 Å². The van der Waals surface area contributed by atoms with Gasteiger partial charge in [0.25, 0.3) is 15.9 Å². The highest BCUT2D eigenvalue weighted by atomic mass is 32.2. The third-order valence-electron chi connectivity index (χ3n) is 4.22. The Labute approximate surface area is 148 Å². The SMILES string of the molecule is O=C(O)[C@@H]1CC(F)(F)CN1S(=O)(=O)c1ccnn1CCc1ccccc1. The number of carbonyl (C=O) groups is 1. The van der Waals surface area contributed by atoms with Crippen molar-refractivity contribution >= 4 is 16.0 Å². The molecule has 1 N–H and O–H groups in total. The number of sulfonamides is 1. The molecular formula is C16H17F2N3O4S. The van der Waals surface area contributed by atoms with Gasteiger partial charge in [-0.3, -0.25) is 9.48 Å². The Balaban J connectivity index is 1.86. The molecule has 0 aliphatic carbocycles. The van der Waals surface area contributed by atoms with Crippen LogP contribution < -0.4 is 0 Å². The van der Waals surface area contributed by atoms with E-state index < -0.39 is 40.9 Å². The standard InChI is InChI=1S/C16H17F2N3O4S/c17-16(18)10-13(15(22)23)21(11-16)26(24,25)14-6-8-19-20(14)9-7-12-4-2-1-3-5-12/h1-6,8,13H,7,9-11H2,(H,22,23)/t13-/m0/s1. The lowest BCUT2D eigenvalue weighted by Gasteiger charge is -2.20. The van der Waals surface area contributed by atoms with Gasteiger partial charge in [0, 0.05) is 13.0 Å². The van der Waals surface area contributed by atoms with Gasteiger partial charge in [0.15, 0.2) is 5.03 Å². The van der Waals surface area contributed by atoms with Gasteiger partial charge in [-0.25, -0.2) is 17.2 Å². The van der Waals surface area contributed by atoms with E-state index in [1.807, 2.05) is 30.3 Å². The van der Waals surface area contributed by atoms with Crippen LogP contribution in [0.3, 0.4) is 0 Å². The summed E-state index contributed by atoms with van der Waals surface area (Å²) in [4.78, 5) is 11.2. The van der Waals surface area contributed by atoms with Gasteiger partial charge in [0.05, 0.1) is 12.7 Å². The lowest BCUT2D eigenvalue weighted by Crippen LogP contribution is -2.41. The number of carboxylic acid groups (broad SMARTS) is 1. The molecular weight excluding hydrogens is 368 g/mol. The van der Waals surface area contributed by atoms with E-state index in [9.17, 15) is 22.0 Å². The normalized spacial score (nSPS) is 20.3. The van der Waals surface area contributed by atoms with Crippen molar-refractivity contribution in [2.75, 3.05) is 6.54 Å². The van der Waals surface area contributed by atoms with Crippen LogP contribution in [0.25, 0.3) is 0 Å². The molecule has 2 aromatic rings. The van der Waals surface area contributed by atoms with Crippen LogP contribution in [0.1, 0.15) is 12.0 Å². The maximum Gasteiger partial charge on any atom is 0.322 e. The van der Waals surface area contributed by atoms with E-state index in [2.05, 4.69) is 5.10 Å². The number of benzene rings is 1. The molecule has 3 rings (SSSR count). The summed E-state index contributed by atoms with van der Waals surface area (Å²) >= 11 is 0. The van der Waals surface area contributed by atoms with Crippen molar-refractivity contribution in [3.63, 3.8) is 0 Å². The predicted molar refractivity (Wildman–Crippen MR) is 87.3 cm³/mol. The number of aromatic nitrogens is 2. The Morgan fingerprint density at radius 1 is 1.27 bits per heavy atom. The summed E-state index contributed by atoms with van der Waals surface area (Å²) < 4.78 is 54.5. The second-order valence-electron chi connectivity index (χ2n) is 6.09. The summed E-state index contributed by atoms with van der Waals surface area (Å²) in [5.41, 5.74) is 0.961. The number of alkyl halides is 2. The van der Waals surface area contributed by atoms with E-state index in [4.69, 9.17) is 5.11 Å². The Hall–Kier alpha value is -2.33. The van der Waals surface area contributed by atoms with Gasteiger partial charge >= 0.3 is 5.97 Å². The van der Waals surface area contributed by atoms with Crippen molar-refractivity contribution < 1.29 is 27.1 Å². The van der Waals surface area contributed by atoms with Gasteiger partial charge in [-0.15, -0.1) is 0 Å². The maximum atomic E-state index is 13.7. The molecule has 1 aliphatic heterocycles. The monoisotopic (exact) mass is 385 g/mol. The van der Waals surface area contributed by atoms with Crippen LogP contribution in [0.4, 0.5) is 8.78 Å². The van der Waals surface area contributed by atoms with Crippen LogP contribution >= 0.6 is 0 Å². The first-order chi connectivity index (χ1) is 12.2.